The van der Waals surface area contributed by atoms with Gasteiger partial charge in [-0.3, -0.25) is 4.79 Å². The van der Waals surface area contributed by atoms with Gasteiger partial charge in [-0.05, 0) is 35.2 Å². The highest BCUT2D eigenvalue weighted by Crippen LogP contribution is 2.24. The normalized spacial score (nSPS) is 12.0. The van der Waals surface area contributed by atoms with Crippen LogP contribution in [0.15, 0.2) is 53.1 Å². The molecule has 1 atom stereocenters. The monoisotopic (exact) mass is 365 g/mol. The summed E-state index contributed by atoms with van der Waals surface area (Å²) in [6.07, 6.45) is 0.227. The predicted octanol–water partition coefficient (Wildman–Crippen LogP) is 3.76. The van der Waals surface area contributed by atoms with E-state index in [1.165, 1.54) is 0 Å². The van der Waals surface area contributed by atoms with E-state index in [-0.39, 0.29) is 12.5 Å². The van der Waals surface area contributed by atoms with Crippen molar-refractivity contribution in [2.75, 3.05) is 7.05 Å². The molecule has 3 rings (SSSR count). The molecule has 1 N–H and O–H groups in total. The van der Waals surface area contributed by atoms with E-state index in [1.54, 1.807) is 24.9 Å². The van der Waals surface area contributed by atoms with E-state index in [2.05, 4.69) is 10.1 Å². The van der Waals surface area contributed by atoms with E-state index in [1.807, 2.05) is 49.4 Å². The summed E-state index contributed by atoms with van der Waals surface area (Å²) in [5.74, 6) is 0.839. The van der Waals surface area contributed by atoms with Gasteiger partial charge < -0.3 is 14.5 Å². The molecule has 1 amide bonds. The first-order chi connectivity index (χ1) is 13.0. The topological polar surface area (TPSA) is 79.5 Å². The Kier molecular flexibility index (Phi) is 5.66. The minimum atomic E-state index is -0.450. The van der Waals surface area contributed by atoms with Gasteiger partial charge in [0.15, 0.2) is 5.82 Å². The molecule has 2 aromatic carbocycles. The number of carbonyl (C=O) groups is 1. The lowest BCUT2D eigenvalue weighted by molar-refractivity contribution is 0.0780. The Morgan fingerprint density at radius 3 is 2.56 bits per heavy atom. The van der Waals surface area contributed by atoms with E-state index in [4.69, 9.17) is 4.52 Å². The summed E-state index contributed by atoms with van der Waals surface area (Å²) in [5, 5.41) is 13.8. The maximum atomic E-state index is 12.7. The quantitative estimate of drug-likeness (QED) is 0.719. The molecule has 0 aliphatic heterocycles. The van der Waals surface area contributed by atoms with E-state index >= 15 is 0 Å². The molecule has 0 bridgehead atoms. The van der Waals surface area contributed by atoms with Crippen LogP contribution in [0.25, 0.3) is 11.1 Å². The lowest BCUT2D eigenvalue weighted by Crippen LogP contribution is -2.26. The molecule has 0 spiro atoms. The van der Waals surface area contributed by atoms with Crippen molar-refractivity contribution < 1.29 is 14.4 Å². The van der Waals surface area contributed by atoms with Crippen molar-refractivity contribution in [3.63, 3.8) is 0 Å². The third-order valence-electron chi connectivity index (χ3n) is 4.42. The Bertz CT molecular complexity index is 918. The van der Waals surface area contributed by atoms with Crippen molar-refractivity contribution in [2.45, 2.75) is 32.9 Å². The minimum absolute atomic E-state index is 0.114. The first-order valence-corrected chi connectivity index (χ1v) is 8.91. The second-order valence-corrected chi connectivity index (χ2v) is 6.52. The van der Waals surface area contributed by atoms with Crippen LogP contribution in [0.2, 0.25) is 0 Å². The Morgan fingerprint density at radius 2 is 1.93 bits per heavy atom. The first-order valence-electron chi connectivity index (χ1n) is 8.91. The molecule has 6 heteroatoms. The Balaban J connectivity index is 1.77. The third kappa shape index (κ3) is 4.41. The van der Waals surface area contributed by atoms with Crippen LogP contribution >= 0.6 is 0 Å². The van der Waals surface area contributed by atoms with Gasteiger partial charge in [0.25, 0.3) is 5.91 Å². The van der Waals surface area contributed by atoms with Crippen molar-refractivity contribution in [2.24, 2.45) is 0 Å². The summed E-state index contributed by atoms with van der Waals surface area (Å²) >= 11 is 0. The minimum Gasteiger partial charge on any atom is -0.388 e. The number of nitrogens with zero attached hydrogens (tertiary/aromatic N) is 3. The van der Waals surface area contributed by atoms with Crippen LogP contribution in [0.4, 0.5) is 0 Å². The molecule has 0 saturated heterocycles. The molecular formula is C21H23N3O3. The van der Waals surface area contributed by atoms with Gasteiger partial charge in [0.05, 0.1) is 12.6 Å². The average Bonchev–Trinajstić information content (AvgIpc) is 3.11. The standard InChI is InChI=1S/C21H23N3O3/c1-4-19(25)16-10-8-15(9-11-16)17-6-5-7-18(12-17)21(26)24(3)13-20-22-14(2)27-23-20/h5-12,19,25H,4,13H2,1-3H3/t19-/m1/s1. The smallest absolute Gasteiger partial charge is 0.254 e. The summed E-state index contributed by atoms with van der Waals surface area (Å²) < 4.78 is 4.95. The summed E-state index contributed by atoms with van der Waals surface area (Å²) in [6.45, 7) is 3.94. The Labute approximate surface area is 158 Å². The van der Waals surface area contributed by atoms with Crippen LogP contribution in [0.3, 0.4) is 0 Å². The summed E-state index contributed by atoms with van der Waals surface area (Å²) in [5.41, 5.74) is 3.42. The number of aromatic nitrogens is 2. The molecule has 0 unspecified atom stereocenters. The molecule has 140 valence electrons. The molecule has 3 aromatic rings. The molecular weight excluding hydrogens is 342 g/mol. The zero-order valence-electron chi connectivity index (χ0n) is 15.7. The van der Waals surface area contributed by atoms with Crippen molar-refractivity contribution in [3.8, 4) is 11.1 Å². The first kappa shape index (κ1) is 18.8. The lowest BCUT2D eigenvalue weighted by Gasteiger charge is -2.16. The number of aliphatic hydroxyl groups is 1. The zero-order valence-corrected chi connectivity index (χ0v) is 15.7. The Morgan fingerprint density at radius 1 is 1.19 bits per heavy atom. The predicted molar refractivity (Wildman–Crippen MR) is 102 cm³/mol. The summed E-state index contributed by atoms with van der Waals surface area (Å²) in [4.78, 5) is 18.4. The molecule has 0 fully saturated rings. The molecule has 0 saturated carbocycles. The maximum absolute atomic E-state index is 12.7. The van der Waals surface area contributed by atoms with E-state index in [9.17, 15) is 9.90 Å². The van der Waals surface area contributed by atoms with Crippen molar-refractivity contribution in [3.05, 3.63) is 71.4 Å². The summed E-state index contributed by atoms with van der Waals surface area (Å²) in [7, 11) is 1.71. The van der Waals surface area contributed by atoms with Crippen LogP contribution in [0, 0.1) is 6.92 Å². The number of aliphatic hydroxyl groups excluding tert-OH is 1. The van der Waals surface area contributed by atoms with Crippen molar-refractivity contribution >= 4 is 5.91 Å². The van der Waals surface area contributed by atoms with Crippen LogP contribution < -0.4 is 0 Å². The molecule has 1 aromatic heterocycles. The number of rotatable bonds is 6. The van der Waals surface area contributed by atoms with Crippen LogP contribution in [0.5, 0.6) is 0 Å². The van der Waals surface area contributed by atoms with Gasteiger partial charge in [0.1, 0.15) is 0 Å². The lowest BCUT2D eigenvalue weighted by atomic mass is 9.99. The van der Waals surface area contributed by atoms with Gasteiger partial charge >= 0.3 is 0 Å². The largest absolute Gasteiger partial charge is 0.388 e. The van der Waals surface area contributed by atoms with E-state index in [0.29, 0.717) is 23.7 Å². The van der Waals surface area contributed by atoms with Crippen LogP contribution in [-0.4, -0.2) is 33.1 Å². The highest BCUT2D eigenvalue weighted by molar-refractivity contribution is 5.95. The van der Waals surface area contributed by atoms with Gasteiger partial charge in [0, 0.05) is 19.5 Å². The highest BCUT2D eigenvalue weighted by Gasteiger charge is 2.15. The number of hydrogen-bond acceptors (Lipinski definition) is 5. The third-order valence-corrected chi connectivity index (χ3v) is 4.42. The number of benzene rings is 2. The number of hydrogen-bond donors (Lipinski definition) is 1. The number of carbonyl (C=O) groups excluding carboxylic acids is 1. The number of aryl methyl sites for hydroxylation is 1. The van der Waals surface area contributed by atoms with Gasteiger partial charge in [-0.25, -0.2) is 0 Å². The average molecular weight is 365 g/mol. The van der Waals surface area contributed by atoms with E-state index in [0.717, 1.165) is 16.7 Å². The second kappa shape index (κ2) is 8.14. The van der Waals surface area contributed by atoms with Gasteiger partial charge in [-0.1, -0.05) is 48.5 Å². The van der Waals surface area contributed by atoms with E-state index < -0.39 is 6.10 Å². The fourth-order valence-corrected chi connectivity index (χ4v) is 2.88. The van der Waals surface area contributed by atoms with Gasteiger partial charge in [-0.2, -0.15) is 4.98 Å². The SMILES string of the molecule is CC[C@@H](O)c1ccc(-c2cccc(C(=O)N(C)Cc3noc(C)n3)c2)cc1. The highest BCUT2D eigenvalue weighted by atomic mass is 16.5. The van der Waals surface area contributed by atoms with Crippen molar-refractivity contribution in [1.29, 1.82) is 0 Å². The molecule has 27 heavy (non-hydrogen) atoms. The number of amides is 1. The van der Waals surface area contributed by atoms with Crippen LogP contribution in [0.1, 0.15) is 47.1 Å². The molecule has 6 nitrogen and oxygen atoms in total. The summed E-state index contributed by atoms with van der Waals surface area (Å²) in [6, 6.07) is 15.2. The molecule has 0 aliphatic rings. The Hall–Kier alpha value is -2.99. The van der Waals surface area contributed by atoms with Crippen molar-refractivity contribution in [1.82, 2.24) is 15.0 Å². The fourth-order valence-electron chi connectivity index (χ4n) is 2.88. The van der Waals surface area contributed by atoms with Gasteiger partial charge in [0.2, 0.25) is 5.89 Å². The maximum Gasteiger partial charge on any atom is 0.254 e. The fraction of sp³-hybridized carbons (Fsp3) is 0.286. The molecule has 0 radical (unpaired) electrons. The van der Waals surface area contributed by atoms with Gasteiger partial charge in [-0.15, -0.1) is 0 Å². The van der Waals surface area contributed by atoms with Crippen LogP contribution in [-0.2, 0) is 6.54 Å². The molecule has 1 heterocycles. The zero-order chi connectivity index (χ0) is 19.4. The second-order valence-electron chi connectivity index (χ2n) is 6.52. The molecule has 0 aliphatic carbocycles.